The summed E-state index contributed by atoms with van der Waals surface area (Å²) in [6.07, 6.45) is 0. The molecule has 0 bridgehead atoms. The van der Waals surface area contributed by atoms with Crippen LogP contribution < -0.4 is 29.6 Å². The molecule has 0 radical (unpaired) electrons. The summed E-state index contributed by atoms with van der Waals surface area (Å²) in [5, 5.41) is 0.782. The maximum absolute atomic E-state index is 7.18. The van der Waals surface area contributed by atoms with Crippen molar-refractivity contribution in [3.63, 3.8) is 0 Å². The summed E-state index contributed by atoms with van der Waals surface area (Å²) in [6.45, 7) is 0. The van der Waals surface area contributed by atoms with Gasteiger partial charge in [-0.1, -0.05) is 29.3 Å². The Morgan fingerprint density at radius 1 is 1.10 bits per heavy atom. The van der Waals surface area contributed by atoms with E-state index in [1.54, 1.807) is 18.2 Å². The molecule has 1 aromatic rings. The van der Waals surface area contributed by atoms with Crippen molar-refractivity contribution < 1.29 is 29.6 Å². The number of halogens is 2. The van der Waals surface area contributed by atoms with Crippen LogP contribution in [0.5, 0.6) is 0 Å². The van der Waals surface area contributed by atoms with Gasteiger partial charge in [0.2, 0.25) is 0 Å². The zero-order chi connectivity index (χ0) is 6.85. The standard InChI is InChI=1S/C6H4Cl2N.Na/c7-4-2-1-3-5(8)6(4)9;/h1-3,9H;/q-1;+1. The maximum Gasteiger partial charge on any atom is 1.00 e. The molecule has 0 fully saturated rings. The van der Waals surface area contributed by atoms with Gasteiger partial charge in [-0.2, -0.15) is 0 Å². The number of nitrogens with one attached hydrogen (secondary N) is 1. The third kappa shape index (κ3) is 2.33. The van der Waals surface area contributed by atoms with Crippen molar-refractivity contribution in [1.82, 2.24) is 0 Å². The van der Waals surface area contributed by atoms with Crippen LogP contribution in [0.3, 0.4) is 0 Å². The van der Waals surface area contributed by atoms with Crippen LogP contribution in [0.4, 0.5) is 5.69 Å². The molecule has 0 aliphatic carbocycles. The molecule has 4 heteroatoms. The summed E-state index contributed by atoms with van der Waals surface area (Å²) < 4.78 is 0. The van der Waals surface area contributed by atoms with Crippen LogP contribution in [-0.4, -0.2) is 0 Å². The summed E-state index contributed by atoms with van der Waals surface area (Å²) in [5.74, 6) is 0. The molecule has 0 saturated carbocycles. The van der Waals surface area contributed by atoms with E-state index in [1.165, 1.54) is 0 Å². The molecule has 1 rings (SSSR count). The summed E-state index contributed by atoms with van der Waals surface area (Å²) in [5.41, 5.74) is 7.38. The van der Waals surface area contributed by atoms with Crippen LogP contribution in [0.15, 0.2) is 18.2 Å². The number of hydrogen-bond donors (Lipinski definition) is 0. The van der Waals surface area contributed by atoms with Crippen molar-refractivity contribution in [1.29, 1.82) is 0 Å². The average Bonchev–Trinajstić information content (AvgIpc) is 1.83. The van der Waals surface area contributed by atoms with Gasteiger partial charge in [-0.25, -0.2) is 0 Å². The van der Waals surface area contributed by atoms with Crippen LogP contribution in [0.2, 0.25) is 10.0 Å². The Morgan fingerprint density at radius 2 is 1.50 bits per heavy atom. The van der Waals surface area contributed by atoms with Crippen LogP contribution in [0, 0.1) is 0 Å². The third-order valence-electron chi connectivity index (χ3n) is 0.963. The van der Waals surface area contributed by atoms with Crippen molar-refractivity contribution in [2.75, 3.05) is 0 Å². The van der Waals surface area contributed by atoms with E-state index in [-0.39, 0.29) is 35.2 Å². The smallest absolute Gasteiger partial charge is 0.696 e. The topological polar surface area (TPSA) is 23.8 Å². The van der Waals surface area contributed by atoms with E-state index < -0.39 is 0 Å². The summed E-state index contributed by atoms with van der Waals surface area (Å²) in [7, 11) is 0. The van der Waals surface area contributed by atoms with E-state index >= 15 is 0 Å². The fourth-order valence-corrected chi connectivity index (χ4v) is 0.895. The molecule has 48 valence electrons. The molecule has 0 aliphatic rings. The number of hydrogen-bond acceptors (Lipinski definition) is 0. The van der Waals surface area contributed by atoms with Crippen molar-refractivity contribution in [2.45, 2.75) is 0 Å². The van der Waals surface area contributed by atoms with Crippen LogP contribution in [-0.2, 0) is 0 Å². The molecule has 0 saturated heterocycles. The van der Waals surface area contributed by atoms with E-state index in [0.29, 0.717) is 10.0 Å². The molecule has 0 heterocycles. The first-order valence-corrected chi connectivity index (χ1v) is 3.13. The Bertz CT molecular complexity index is 207. The molecular weight excluding hydrogens is 180 g/mol. The summed E-state index contributed by atoms with van der Waals surface area (Å²) in [6, 6.07) is 4.98. The molecule has 0 unspecified atom stereocenters. The molecule has 1 aromatic carbocycles. The third-order valence-corrected chi connectivity index (χ3v) is 1.59. The van der Waals surface area contributed by atoms with Gasteiger partial charge in [0, 0.05) is 10.0 Å². The molecule has 0 aromatic heterocycles. The molecule has 0 aliphatic heterocycles. The Labute approximate surface area is 91.8 Å². The Morgan fingerprint density at radius 3 is 1.80 bits per heavy atom. The predicted octanol–water partition coefficient (Wildman–Crippen LogP) is 0.681. The first-order valence-electron chi connectivity index (χ1n) is 2.37. The molecule has 0 amide bonds. The Balaban J connectivity index is 0.000000810. The summed E-state index contributed by atoms with van der Waals surface area (Å²) >= 11 is 11.1. The normalized spacial score (nSPS) is 8.60. The van der Waals surface area contributed by atoms with Gasteiger partial charge in [-0.15, -0.1) is 5.69 Å². The van der Waals surface area contributed by atoms with Gasteiger partial charge >= 0.3 is 29.6 Å². The molecule has 1 N–H and O–H groups in total. The Kier molecular flexibility index (Phi) is 4.74. The van der Waals surface area contributed by atoms with Gasteiger partial charge in [0.25, 0.3) is 0 Å². The van der Waals surface area contributed by atoms with Gasteiger partial charge in [0.15, 0.2) is 0 Å². The van der Waals surface area contributed by atoms with E-state index in [4.69, 9.17) is 28.9 Å². The second-order valence-corrected chi connectivity index (χ2v) is 2.41. The monoisotopic (exact) mass is 183 g/mol. The van der Waals surface area contributed by atoms with E-state index in [9.17, 15) is 0 Å². The van der Waals surface area contributed by atoms with Gasteiger partial charge < -0.3 is 5.73 Å². The maximum atomic E-state index is 7.18. The predicted molar refractivity (Wildman–Crippen MR) is 40.4 cm³/mol. The zero-order valence-corrected chi connectivity index (χ0v) is 9.00. The first kappa shape index (κ1) is 10.6. The molecule has 0 atom stereocenters. The largest absolute Gasteiger partial charge is 1.00 e. The second-order valence-electron chi connectivity index (χ2n) is 1.60. The van der Waals surface area contributed by atoms with Crippen molar-refractivity contribution in [2.24, 2.45) is 0 Å². The minimum absolute atomic E-state index is 0. The SMILES string of the molecule is [NH-]c1c(Cl)cccc1Cl.[Na+]. The van der Waals surface area contributed by atoms with Crippen LogP contribution in [0.25, 0.3) is 5.73 Å². The zero-order valence-electron chi connectivity index (χ0n) is 5.49. The molecular formula is C6H4Cl2NNa. The van der Waals surface area contributed by atoms with Gasteiger partial charge in [0.05, 0.1) is 0 Å². The van der Waals surface area contributed by atoms with E-state index in [2.05, 4.69) is 0 Å². The van der Waals surface area contributed by atoms with Crippen LogP contribution in [0.1, 0.15) is 0 Å². The Hall–Kier alpha value is 0.600. The van der Waals surface area contributed by atoms with Crippen molar-refractivity contribution in [3.8, 4) is 0 Å². The fraction of sp³-hybridized carbons (Fsp3) is 0. The molecule has 1 nitrogen and oxygen atoms in total. The summed E-state index contributed by atoms with van der Waals surface area (Å²) in [4.78, 5) is 0. The van der Waals surface area contributed by atoms with Crippen molar-refractivity contribution in [3.05, 3.63) is 34.0 Å². The minimum atomic E-state index is 0. The van der Waals surface area contributed by atoms with E-state index in [1.807, 2.05) is 0 Å². The van der Waals surface area contributed by atoms with Gasteiger partial charge in [0.1, 0.15) is 0 Å². The van der Waals surface area contributed by atoms with E-state index in [0.717, 1.165) is 0 Å². The second kappa shape index (κ2) is 4.47. The minimum Gasteiger partial charge on any atom is -0.696 e. The first-order chi connectivity index (χ1) is 4.22. The average molecular weight is 184 g/mol. The van der Waals surface area contributed by atoms with Gasteiger partial charge in [-0.3, -0.25) is 0 Å². The number of rotatable bonds is 0. The van der Waals surface area contributed by atoms with Crippen LogP contribution >= 0.6 is 23.2 Å². The molecule has 0 spiro atoms. The fourth-order valence-electron chi connectivity index (χ4n) is 0.498. The van der Waals surface area contributed by atoms with Crippen molar-refractivity contribution >= 4 is 28.9 Å². The number of benzene rings is 1. The molecule has 10 heavy (non-hydrogen) atoms. The quantitative estimate of drug-likeness (QED) is 0.529. The van der Waals surface area contributed by atoms with Gasteiger partial charge in [-0.05, 0) is 12.1 Å².